The minimum absolute atomic E-state index is 0.127. The number of hydrogen-bond donors (Lipinski definition) is 1. The maximum Gasteiger partial charge on any atom is 0.336 e. The number of carbonyl (C=O) groups is 1. The predicted molar refractivity (Wildman–Crippen MR) is 111 cm³/mol. The van der Waals surface area contributed by atoms with Crippen molar-refractivity contribution in [1.29, 1.82) is 0 Å². The van der Waals surface area contributed by atoms with Crippen LogP contribution in [0.5, 0.6) is 6.01 Å². The number of methoxy groups -OCH3 is 1. The molecule has 3 aromatic rings. The summed E-state index contributed by atoms with van der Waals surface area (Å²) in [6.07, 6.45) is 0. The summed E-state index contributed by atoms with van der Waals surface area (Å²) < 4.78 is 6.96. The topological polar surface area (TPSA) is 69.0 Å². The Morgan fingerprint density at radius 1 is 1.18 bits per heavy atom. The molecule has 28 heavy (non-hydrogen) atoms. The molecule has 0 spiro atoms. The number of carbonyl (C=O) groups excluding carboxylic acids is 1. The summed E-state index contributed by atoms with van der Waals surface area (Å²) in [4.78, 5) is 16.8. The molecule has 146 valence electrons. The van der Waals surface area contributed by atoms with Crippen LogP contribution in [0.3, 0.4) is 0 Å². The van der Waals surface area contributed by atoms with Gasteiger partial charge >= 0.3 is 6.01 Å². The monoisotopic (exact) mass is 398 g/mol. The first kappa shape index (κ1) is 19.9. The zero-order valence-corrected chi connectivity index (χ0v) is 17.1. The van der Waals surface area contributed by atoms with Gasteiger partial charge in [-0.15, -0.1) is 16.7 Å². The smallest absolute Gasteiger partial charge is 0.336 e. The molecule has 3 rings (SSSR count). The molecule has 0 saturated heterocycles. The minimum Gasteiger partial charge on any atom is -0.466 e. The molecule has 0 aliphatic carbocycles. The van der Waals surface area contributed by atoms with E-state index in [2.05, 4.69) is 15.4 Å². The minimum atomic E-state index is -0.641. The second-order valence-corrected chi connectivity index (χ2v) is 7.43. The lowest BCUT2D eigenvalue weighted by Crippen LogP contribution is -2.32. The predicted octanol–water partition coefficient (Wildman–Crippen LogP) is 4.45. The SMILES string of the molecule is COc1nc(-c2ccccc2C)n(-c2ccc(NC(=O)C(C)(C)CCl)cc2)n1. The van der Waals surface area contributed by atoms with Crippen molar-refractivity contribution < 1.29 is 9.53 Å². The number of ether oxygens (including phenoxy) is 1. The lowest BCUT2D eigenvalue weighted by Gasteiger charge is -2.20. The normalized spacial score (nSPS) is 11.3. The molecule has 6 nitrogen and oxygen atoms in total. The quantitative estimate of drug-likeness (QED) is 0.622. The molecule has 0 saturated carbocycles. The zero-order valence-electron chi connectivity index (χ0n) is 16.4. The number of amides is 1. The second-order valence-electron chi connectivity index (χ2n) is 7.17. The summed E-state index contributed by atoms with van der Waals surface area (Å²) in [6.45, 7) is 5.64. The van der Waals surface area contributed by atoms with Gasteiger partial charge in [-0.25, -0.2) is 4.68 Å². The first-order valence-corrected chi connectivity index (χ1v) is 9.44. The number of aromatic nitrogens is 3. The van der Waals surface area contributed by atoms with E-state index in [-0.39, 0.29) is 11.8 Å². The molecule has 0 aliphatic heterocycles. The van der Waals surface area contributed by atoms with Gasteiger partial charge in [0.2, 0.25) is 5.91 Å². The highest BCUT2D eigenvalue weighted by Gasteiger charge is 2.26. The summed E-state index contributed by atoms with van der Waals surface area (Å²) in [5.74, 6) is 0.809. The maximum atomic E-state index is 12.3. The third-order valence-corrected chi connectivity index (χ3v) is 5.14. The molecule has 7 heteroatoms. The Kier molecular flexibility index (Phi) is 5.70. The van der Waals surface area contributed by atoms with Crippen LogP contribution in [0.25, 0.3) is 17.1 Å². The Hall–Kier alpha value is -2.86. The standard InChI is InChI=1S/C21H23ClN4O2/c1-14-7-5-6-8-17(14)18-24-20(28-4)25-26(18)16-11-9-15(10-12-16)23-19(27)21(2,3)13-22/h5-12H,13H2,1-4H3,(H,23,27). The summed E-state index contributed by atoms with van der Waals surface area (Å²) in [7, 11) is 1.54. The van der Waals surface area contributed by atoms with Gasteiger partial charge in [-0.1, -0.05) is 24.3 Å². The van der Waals surface area contributed by atoms with Crippen LogP contribution < -0.4 is 10.1 Å². The summed E-state index contributed by atoms with van der Waals surface area (Å²) in [5.41, 5.74) is 2.92. The van der Waals surface area contributed by atoms with Gasteiger partial charge in [0, 0.05) is 17.1 Å². The van der Waals surface area contributed by atoms with E-state index >= 15 is 0 Å². The molecular weight excluding hydrogens is 376 g/mol. The van der Waals surface area contributed by atoms with Crippen LogP contribution in [0.2, 0.25) is 0 Å². The van der Waals surface area contributed by atoms with Gasteiger partial charge in [-0.05, 0) is 50.6 Å². The van der Waals surface area contributed by atoms with Gasteiger partial charge in [-0.2, -0.15) is 4.98 Å². The van der Waals surface area contributed by atoms with Crippen LogP contribution >= 0.6 is 11.6 Å². The Bertz CT molecular complexity index is 980. The number of nitrogens with one attached hydrogen (secondary N) is 1. The lowest BCUT2D eigenvalue weighted by atomic mass is 9.95. The fourth-order valence-electron chi connectivity index (χ4n) is 2.60. The molecule has 1 N–H and O–H groups in total. The van der Waals surface area contributed by atoms with E-state index < -0.39 is 5.41 Å². The van der Waals surface area contributed by atoms with E-state index in [1.807, 2.05) is 55.5 Å². The average Bonchev–Trinajstić information content (AvgIpc) is 3.13. The van der Waals surface area contributed by atoms with Crippen molar-refractivity contribution in [1.82, 2.24) is 14.8 Å². The van der Waals surface area contributed by atoms with Crippen LogP contribution in [0, 0.1) is 12.3 Å². The van der Waals surface area contributed by atoms with E-state index in [1.165, 1.54) is 0 Å². The highest BCUT2D eigenvalue weighted by molar-refractivity contribution is 6.20. The molecular formula is C21H23ClN4O2. The summed E-state index contributed by atoms with van der Waals surface area (Å²) in [5, 5.41) is 7.33. The van der Waals surface area contributed by atoms with E-state index in [4.69, 9.17) is 16.3 Å². The van der Waals surface area contributed by atoms with Crippen molar-refractivity contribution in [3.05, 3.63) is 54.1 Å². The molecule has 1 aromatic heterocycles. The molecule has 0 fully saturated rings. The molecule has 0 radical (unpaired) electrons. The van der Waals surface area contributed by atoms with Gasteiger partial charge in [0.05, 0.1) is 18.2 Å². The molecule has 1 amide bonds. The fraction of sp³-hybridized carbons (Fsp3) is 0.286. The highest BCUT2D eigenvalue weighted by atomic mass is 35.5. The number of rotatable bonds is 6. The van der Waals surface area contributed by atoms with E-state index in [0.29, 0.717) is 17.5 Å². The third-order valence-electron chi connectivity index (χ3n) is 4.47. The van der Waals surface area contributed by atoms with Crippen LogP contribution in [-0.4, -0.2) is 33.7 Å². The Labute approximate surface area is 169 Å². The Morgan fingerprint density at radius 3 is 2.46 bits per heavy atom. The molecule has 0 atom stereocenters. The average molecular weight is 399 g/mol. The first-order valence-electron chi connectivity index (χ1n) is 8.90. The number of alkyl halides is 1. The number of hydrogen-bond acceptors (Lipinski definition) is 4. The highest BCUT2D eigenvalue weighted by Crippen LogP contribution is 2.27. The second kappa shape index (κ2) is 8.02. The Balaban J connectivity index is 1.93. The van der Waals surface area contributed by atoms with Crippen molar-refractivity contribution in [3.63, 3.8) is 0 Å². The van der Waals surface area contributed by atoms with Gasteiger partial charge in [0.15, 0.2) is 5.82 Å². The molecule has 0 bridgehead atoms. The van der Waals surface area contributed by atoms with Gasteiger partial charge in [0.1, 0.15) is 0 Å². The van der Waals surface area contributed by atoms with Crippen LogP contribution in [-0.2, 0) is 4.79 Å². The third kappa shape index (κ3) is 4.02. The zero-order chi connectivity index (χ0) is 20.3. The Morgan fingerprint density at radius 2 is 1.86 bits per heavy atom. The number of nitrogens with zero attached hydrogens (tertiary/aromatic N) is 3. The number of aryl methyl sites for hydroxylation is 1. The van der Waals surface area contributed by atoms with E-state index in [1.54, 1.807) is 25.6 Å². The van der Waals surface area contributed by atoms with Crippen molar-refractivity contribution in [3.8, 4) is 23.1 Å². The van der Waals surface area contributed by atoms with Crippen LogP contribution in [0.15, 0.2) is 48.5 Å². The van der Waals surface area contributed by atoms with E-state index in [0.717, 1.165) is 16.8 Å². The number of halogens is 1. The van der Waals surface area contributed by atoms with Crippen molar-refractivity contribution in [2.45, 2.75) is 20.8 Å². The van der Waals surface area contributed by atoms with Crippen LogP contribution in [0.4, 0.5) is 5.69 Å². The van der Waals surface area contributed by atoms with Gasteiger partial charge in [0.25, 0.3) is 0 Å². The molecule has 2 aromatic carbocycles. The molecule has 0 aliphatic rings. The lowest BCUT2D eigenvalue weighted by molar-refractivity contribution is -0.122. The molecule has 0 unspecified atom stereocenters. The summed E-state index contributed by atoms with van der Waals surface area (Å²) in [6, 6.07) is 15.7. The van der Waals surface area contributed by atoms with E-state index in [9.17, 15) is 4.79 Å². The van der Waals surface area contributed by atoms with Crippen molar-refractivity contribution >= 4 is 23.2 Å². The van der Waals surface area contributed by atoms with Crippen molar-refractivity contribution in [2.24, 2.45) is 5.41 Å². The largest absolute Gasteiger partial charge is 0.466 e. The number of anilines is 1. The van der Waals surface area contributed by atoms with Crippen LogP contribution in [0.1, 0.15) is 19.4 Å². The maximum absolute atomic E-state index is 12.3. The summed E-state index contributed by atoms with van der Waals surface area (Å²) >= 11 is 5.87. The number of benzene rings is 2. The van der Waals surface area contributed by atoms with Crippen molar-refractivity contribution in [2.75, 3.05) is 18.3 Å². The first-order chi connectivity index (χ1) is 13.4. The van der Waals surface area contributed by atoms with Gasteiger partial charge in [-0.3, -0.25) is 4.79 Å². The molecule has 1 heterocycles. The fourth-order valence-corrected chi connectivity index (χ4v) is 2.73. The van der Waals surface area contributed by atoms with Gasteiger partial charge < -0.3 is 10.1 Å².